The minimum absolute atomic E-state index is 0.0861. The molecule has 1 amide bonds. The lowest BCUT2D eigenvalue weighted by Crippen LogP contribution is -2.52. The molecule has 0 spiro atoms. The number of ether oxygens (including phenoxy) is 1. The Hall–Kier alpha value is -0.745. The highest BCUT2D eigenvalue weighted by Gasteiger charge is 2.60. The van der Waals surface area contributed by atoms with E-state index in [0.717, 1.165) is 25.7 Å². The van der Waals surface area contributed by atoms with E-state index in [1.807, 2.05) is 32.7 Å². The second-order valence-corrected chi connectivity index (χ2v) is 11.3. The van der Waals surface area contributed by atoms with E-state index in [1.165, 1.54) is 0 Å². The molecule has 4 unspecified atom stereocenters. The van der Waals surface area contributed by atoms with Gasteiger partial charge in [0.1, 0.15) is 5.60 Å². The van der Waals surface area contributed by atoms with Crippen molar-refractivity contribution >= 4 is 13.2 Å². The monoisotopic (exact) mass is 379 g/mol. The van der Waals surface area contributed by atoms with Gasteiger partial charge in [-0.2, -0.15) is 0 Å². The number of carbonyl (C=O) groups is 1. The quantitative estimate of drug-likeness (QED) is 0.641. The molecule has 27 heavy (non-hydrogen) atoms. The fourth-order valence-corrected chi connectivity index (χ4v) is 5.45. The zero-order valence-electron chi connectivity index (χ0n) is 18.7. The molecule has 4 atom stereocenters. The number of rotatable bonds is 2. The summed E-state index contributed by atoms with van der Waals surface area (Å²) in [6.07, 6.45) is 4.16. The first kappa shape index (κ1) is 21.0. The van der Waals surface area contributed by atoms with Crippen LogP contribution in [0.2, 0.25) is 5.82 Å². The van der Waals surface area contributed by atoms with E-state index < -0.39 is 5.60 Å². The number of hydrogen-bond acceptors (Lipinski definition) is 4. The molecular formula is C21H38BNO4. The molecule has 6 heteroatoms. The summed E-state index contributed by atoms with van der Waals surface area (Å²) in [5.74, 6) is 0.858. The van der Waals surface area contributed by atoms with Crippen molar-refractivity contribution in [1.29, 1.82) is 0 Å². The van der Waals surface area contributed by atoms with Gasteiger partial charge in [-0.25, -0.2) is 4.79 Å². The number of hydrogen-bond donors (Lipinski definition) is 0. The standard InChI is InChI=1S/C21H38BNO4/c1-18(2,3)25-17(24)23(9)16-14-10-11-21(16,8)13-15(12-14)22-26-19(4,5)20(6,7)27-22/h14-16H,10-13H2,1-9H3. The van der Waals surface area contributed by atoms with Gasteiger partial charge >= 0.3 is 13.2 Å². The van der Waals surface area contributed by atoms with Crippen molar-refractivity contribution in [2.45, 2.75) is 110 Å². The highest BCUT2D eigenvalue weighted by Crippen LogP contribution is 2.59. The lowest BCUT2D eigenvalue weighted by Gasteiger charge is -2.47. The maximum atomic E-state index is 12.7. The number of nitrogens with zero attached hydrogens (tertiary/aromatic N) is 1. The highest BCUT2D eigenvalue weighted by atomic mass is 16.7. The summed E-state index contributed by atoms with van der Waals surface area (Å²) in [6, 6.07) is 0.228. The van der Waals surface area contributed by atoms with E-state index in [2.05, 4.69) is 34.6 Å². The van der Waals surface area contributed by atoms with Gasteiger partial charge in [-0.05, 0) is 91.3 Å². The van der Waals surface area contributed by atoms with Crippen molar-refractivity contribution in [3.63, 3.8) is 0 Å². The van der Waals surface area contributed by atoms with Crippen molar-refractivity contribution in [3.8, 4) is 0 Å². The molecule has 0 aromatic heterocycles. The van der Waals surface area contributed by atoms with E-state index in [4.69, 9.17) is 14.0 Å². The van der Waals surface area contributed by atoms with Crippen LogP contribution < -0.4 is 0 Å². The number of carbonyl (C=O) groups excluding carboxylic acids is 1. The SMILES string of the molecule is CN(C(=O)OC(C)(C)C)C1C2CCC1(C)CC(B1OC(C)(C)C(C)(C)O1)C2. The van der Waals surface area contributed by atoms with Crippen LogP contribution in [0.1, 0.15) is 81.1 Å². The van der Waals surface area contributed by atoms with Crippen LogP contribution in [0.15, 0.2) is 0 Å². The second-order valence-electron chi connectivity index (χ2n) is 11.3. The van der Waals surface area contributed by atoms with Crippen molar-refractivity contribution in [3.05, 3.63) is 0 Å². The average Bonchev–Trinajstić information content (AvgIpc) is 2.82. The van der Waals surface area contributed by atoms with Crippen LogP contribution in [0.4, 0.5) is 4.79 Å². The van der Waals surface area contributed by atoms with Crippen molar-refractivity contribution in [1.82, 2.24) is 4.90 Å². The van der Waals surface area contributed by atoms with Crippen LogP contribution in [0, 0.1) is 11.3 Å². The van der Waals surface area contributed by atoms with Gasteiger partial charge in [-0.1, -0.05) is 6.92 Å². The minimum Gasteiger partial charge on any atom is -0.444 e. The molecule has 154 valence electrons. The summed E-state index contributed by atoms with van der Waals surface area (Å²) in [5.41, 5.74) is -0.961. The largest absolute Gasteiger partial charge is 0.461 e. The van der Waals surface area contributed by atoms with E-state index >= 15 is 0 Å². The van der Waals surface area contributed by atoms with Crippen LogP contribution in [-0.2, 0) is 14.0 Å². The Balaban J connectivity index is 1.73. The van der Waals surface area contributed by atoms with Crippen molar-refractivity contribution < 1.29 is 18.8 Å². The summed E-state index contributed by atoms with van der Waals surface area (Å²) >= 11 is 0. The van der Waals surface area contributed by atoms with Gasteiger partial charge in [0.25, 0.3) is 0 Å². The molecule has 3 rings (SSSR count). The van der Waals surface area contributed by atoms with Crippen LogP contribution in [0.5, 0.6) is 0 Å². The van der Waals surface area contributed by atoms with Crippen molar-refractivity contribution in [2.75, 3.05) is 7.05 Å². The van der Waals surface area contributed by atoms with Crippen molar-refractivity contribution in [2.24, 2.45) is 11.3 Å². The summed E-state index contributed by atoms with van der Waals surface area (Å²) < 4.78 is 18.4. The highest BCUT2D eigenvalue weighted by molar-refractivity contribution is 6.47. The number of fused-ring (bicyclic) bond motifs is 2. The van der Waals surface area contributed by atoms with Crippen LogP contribution in [0.25, 0.3) is 0 Å². The third-order valence-corrected chi connectivity index (χ3v) is 7.34. The first-order valence-electron chi connectivity index (χ1n) is 10.5. The maximum absolute atomic E-state index is 12.7. The predicted molar refractivity (Wildman–Crippen MR) is 108 cm³/mol. The molecule has 2 aliphatic carbocycles. The van der Waals surface area contributed by atoms with E-state index in [0.29, 0.717) is 11.7 Å². The Morgan fingerprint density at radius 3 is 2.15 bits per heavy atom. The van der Waals surface area contributed by atoms with Gasteiger partial charge in [0.15, 0.2) is 0 Å². The zero-order valence-corrected chi connectivity index (χ0v) is 18.7. The smallest absolute Gasteiger partial charge is 0.444 e. The molecule has 2 bridgehead atoms. The summed E-state index contributed by atoms with van der Waals surface area (Å²) in [7, 11) is 1.76. The van der Waals surface area contributed by atoms with Crippen LogP contribution >= 0.6 is 0 Å². The molecule has 0 aromatic rings. The first-order chi connectivity index (χ1) is 12.2. The Morgan fingerprint density at radius 2 is 1.67 bits per heavy atom. The molecule has 0 aromatic carbocycles. The van der Waals surface area contributed by atoms with Crippen LogP contribution in [-0.4, -0.2) is 48.0 Å². The molecule has 1 saturated heterocycles. The lowest BCUT2D eigenvalue weighted by molar-refractivity contribution is -0.00534. The maximum Gasteiger partial charge on any atom is 0.461 e. The van der Waals surface area contributed by atoms with Gasteiger partial charge in [0.2, 0.25) is 0 Å². The fraction of sp³-hybridized carbons (Fsp3) is 0.952. The molecule has 2 saturated carbocycles. The first-order valence-corrected chi connectivity index (χ1v) is 10.5. The molecular weight excluding hydrogens is 341 g/mol. The van der Waals surface area contributed by atoms with Crippen LogP contribution in [0.3, 0.4) is 0 Å². The minimum atomic E-state index is -0.467. The molecule has 5 nitrogen and oxygen atoms in total. The van der Waals surface area contributed by atoms with Gasteiger partial charge in [-0.3, -0.25) is 0 Å². The Morgan fingerprint density at radius 1 is 1.11 bits per heavy atom. The summed E-state index contributed by atoms with van der Waals surface area (Å²) in [5, 5.41) is 0. The third kappa shape index (κ3) is 3.76. The molecule has 0 N–H and O–H groups in total. The Labute approximate surface area is 165 Å². The van der Waals surface area contributed by atoms with Gasteiger partial charge in [0.05, 0.1) is 11.2 Å². The topological polar surface area (TPSA) is 48.0 Å². The molecule has 3 aliphatic rings. The lowest BCUT2D eigenvalue weighted by atomic mass is 9.56. The second kappa shape index (κ2) is 6.38. The van der Waals surface area contributed by atoms with E-state index in [9.17, 15) is 4.79 Å². The third-order valence-electron chi connectivity index (χ3n) is 7.34. The predicted octanol–water partition coefficient (Wildman–Crippen LogP) is 4.89. The van der Waals surface area contributed by atoms with E-state index in [1.54, 1.807) is 0 Å². The number of amides is 1. The molecule has 3 fully saturated rings. The Kier molecular flexibility index (Phi) is 4.96. The Bertz CT molecular complexity index is 583. The zero-order chi connectivity index (χ0) is 20.4. The van der Waals surface area contributed by atoms with E-state index in [-0.39, 0.29) is 35.9 Å². The van der Waals surface area contributed by atoms with Gasteiger partial charge < -0.3 is 18.9 Å². The molecule has 1 aliphatic heterocycles. The summed E-state index contributed by atoms with van der Waals surface area (Å²) in [6.45, 7) is 16.6. The summed E-state index contributed by atoms with van der Waals surface area (Å²) in [4.78, 5) is 14.5. The van der Waals surface area contributed by atoms with Gasteiger partial charge in [0, 0.05) is 13.1 Å². The normalized spacial score (nSPS) is 37.4. The van der Waals surface area contributed by atoms with Gasteiger partial charge in [-0.15, -0.1) is 0 Å². The average molecular weight is 379 g/mol. The fourth-order valence-electron chi connectivity index (χ4n) is 5.45. The molecule has 1 heterocycles. The molecule has 0 radical (unpaired) electrons.